The fourth-order valence-electron chi connectivity index (χ4n) is 3.06. The number of amides is 1. The molecule has 0 bridgehead atoms. The molecule has 12 heteroatoms. The summed E-state index contributed by atoms with van der Waals surface area (Å²) in [6, 6.07) is 8.97. The van der Waals surface area contributed by atoms with Crippen LogP contribution in [0.2, 0.25) is 0 Å². The molecule has 3 aromatic rings. The van der Waals surface area contributed by atoms with Crippen molar-refractivity contribution >= 4 is 29.1 Å². The maximum absolute atomic E-state index is 13.2. The van der Waals surface area contributed by atoms with Gasteiger partial charge in [-0.2, -0.15) is 0 Å². The van der Waals surface area contributed by atoms with Gasteiger partial charge in [0.15, 0.2) is 11.1 Å². The van der Waals surface area contributed by atoms with Crippen LogP contribution in [0.4, 0.5) is 4.79 Å². The summed E-state index contributed by atoms with van der Waals surface area (Å²) in [5.41, 5.74) is 6.48. The summed E-state index contributed by atoms with van der Waals surface area (Å²) in [4.78, 5) is 50.4. The molecule has 0 aliphatic heterocycles. The van der Waals surface area contributed by atoms with Crippen LogP contribution < -0.4 is 11.2 Å². The number of H-pyrrole nitrogens is 1. The largest absolute Gasteiger partial charge is 0.455 e. The first-order valence-electron chi connectivity index (χ1n) is 10.8. The second-order valence-electron chi connectivity index (χ2n) is 7.51. The number of carbonyl (C=O) groups excluding carboxylic acids is 3. The zero-order valence-corrected chi connectivity index (χ0v) is 19.0. The van der Waals surface area contributed by atoms with E-state index in [1.165, 1.54) is 13.3 Å². The Labute approximate surface area is 195 Å². The third kappa shape index (κ3) is 5.64. The van der Waals surface area contributed by atoms with Crippen molar-refractivity contribution in [3.63, 3.8) is 0 Å². The first-order chi connectivity index (χ1) is 16.3. The van der Waals surface area contributed by atoms with Crippen molar-refractivity contribution in [2.24, 2.45) is 5.73 Å². The molecule has 1 amide bonds. The molecular weight excluding hydrogens is 442 g/mol. The molecule has 0 aliphatic rings. The lowest BCUT2D eigenvalue weighted by Gasteiger charge is -2.25. The predicted molar refractivity (Wildman–Crippen MR) is 121 cm³/mol. The van der Waals surface area contributed by atoms with Gasteiger partial charge >= 0.3 is 12.1 Å². The summed E-state index contributed by atoms with van der Waals surface area (Å²) >= 11 is 0. The highest BCUT2D eigenvalue weighted by atomic mass is 16.6. The van der Waals surface area contributed by atoms with E-state index in [2.05, 4.69) is 15.0 Å². The van der Waals surface area contributed by atoms with E-state index in [-0.39, 0.29) is 29.9 Å². The SMILES string of the molecule is CCCCOC(=O)N(CC(=O)n1c(C(=O)OCc2ccccc2)nc2nc[nH]c2c1=N)C(C)N. The molecule has 2 aromatic heterocycles. The van der Waals surface area contributed by atoms with Crippen LogP contribution in [0.5, 0.6) is 0 Å². The Morgan fingerprint density at radius 2 is 1.97 bits per heavy atom. The summed E-state index contributed by atoms with van der Waals surface area (Å²) in [7, 11) is 0. The molecule has 4 N–H and O–H groups in total. The zero-order chi connectivity index (χ0) is 24.7. The first kappa shape index (κ1) is 24.6. The van der Waals surface area contributed by atoms with E-state index in [0.717, 1.165) is 21.5 Å². The summed E-state index contributed by atoms with van der Waals surface area (Å²) in [5.74, 6) is -2.15. The van der Waals surface area contributed by atoms with Crippen molar-refractivity contribution in [2.45, 2.75) is 39.5 Å². The number of ether oxygens (including phenoxy) is 2. The second-order valence-corrected chi connectivity index (χ2v) is 7.51. The van der Waals surface area contributed by atoms with Crippen molar-refractivity contribution in [2.75, 3.05) is 13.2 Å². The number of nitrogens with zero attached hydrogens (tertiary/aromatic N) is 4. The highest BCUT2D eigenvalue weighted by Crippen LogP contribution is 2.09. The average Bonchev–Trinajstić information content (AvgIpc) is 3.30. The molecule has 1 atom stereocenters. The Balaban J connectivity index is 1.90. The van der Waals surface area contributed by atoms with Crippen molar-refractivity contribution in [1.82, 2.24) is 24.4 Å². The lowest BCUT2D eigenvalue weighted by molar-refractivity contribution is 0.0441. The normalized spacial score (nSPS) is 11.7. The topological polar surface area (TPSA) is 169 Å². The molecule has 180 valence electrons. The van der Waals surface area contributed by atoms with Gasteiger partial charge in [0, 0.05) is 0 Å². The first-order valence-corrected chi connectivity index (χ1v) is 10.8. The molecule has 0 saturated heterocycles. The molecule has 1 unspecified atom stereocenters. The fourth-order valence-corrected chi connectivity index (χ4v) is 3.06. The fraction of sp³-hybridized carbons (Fsp3) is 0.364. The van der Waals surface area contributed by atoms with Gasteiger partial charge in [-0.3, -0.25) is 15.1 Å². The maximum atomic E-state index is 13.2. The number of benzene rings is 1. The number of hydrogen-bond donors (Lipinski definition) is 3. The Morgan fingerprint density at radius 3 is 2.65 bits per heavy atom. The van der Waals surface area contributed by atoms with Crippen LogP contribution in [0.25, 0.3) is 11.2 Å². The minimum atomic E-state index is -0.923. The van der Waals surface area contributed by atoms with E-state index in [0.29, 0.717) is 6.42 Å². The molecule has 34 heavy (non-hydrogen) atoms. The van der Waals surface area contributed by atoms with E-state index >= 15 is 0 Å². The van der Waals surface area contributed by atoms with Crippen LogP contribution in [0, 0.1) is 5.41 Å². The summed E-state index contributed by atoms with van der Waals surface area (Å²) in [6.45, 7) is 3.05. The van der Waals surface area contributed by atoms with Crippen LogP contribution >= 0.6 is 0 Å². The Morgan fingerprint density at radius 1 is 1.24 bits per heavy atom. The van der Waals surface area contributed by atoms with Crippen LogP contribution in [0.1, 0.15) is 47.7 Å². The van der Waals surface area contributed by atoms with Gasteiger partial charge in [-0.1, -0.05) is 43.7 Å². The van der Waals surface area contributed by atoms with E-state index in [4.69, 9.17) is 20.6 Å². The minimum absolute atomic E-state index is 0.0583. The minimum Gasteiger partial charge on any atom is -0.455 e. The smallest absolute Gasteiger partial charge is 0.411 e. The van der Waals surface area contributed by atoms with Gasteiger partial charge in [0.2, 0.25) is 5.82 Å². The van der Waals surface area contributed by atoms with Gasteiger partial charge in [0.1, 0.15) is 18.7 Å². The van der Waals surface area contributed by atoms with Gasteiger partial charge in [0.25, 0.3) is 5.91 Å². The second kappa shape index (κ2) is 11.2. The lowest BCUT2D eigenvalue weighted by Crippen LogP contribution is -2.49. The van der Waals surface area contributed by atoms with E-state index in [1.807, 2.05) is 13.0 Å². The molecule has 0 aliphatic carbocycles. The number of aromatic nitrogens is 4. The van der Waals surface area contributed by atoms with Gasteiger partial charge in [-0.15, -0.1) is 0 Å². The standard InChI is InChI=1S/C22H27N7O5/c1-3-4-10-33-22(32)28(14(2)23)11-16(30)29-18(24)17-19(26-13-25-17)27-20(29)21(31)34-12-15-8-6-5-7-9-15/h5-9,13-14,24H,3-4,10-12,23H2,1-2H3,(H,25,26). The molecule has 3 rings (SSSR count). The molecule has 0 fully saturated rings. The van der Waals surface area contributed by atoms with E-state index in [1.54, 1.807) is 24.3 Å². The summed E-state index contributed by atoms with van der Waals surface area (Å²) in [6.07, 6.45) is 1.16. The van der Waals surface area contributed by atoms with Crippen molar-refractivity contribution < 1.29 is 23.9 Å². The number of rotatable bonds is 9. The number of aromatic amines is 1. The van der Waals surface area contributed by atoms with Crippen LogP contribution in [-0.4, -0.2) is 61.7 Å². The zero-order valence-electron chi connectivity index (χ0n) is 19.0. The third-order valence-electron chi connectivity index (χ3n) is 4.90. The number of nitrogens with two attached hydrogens (primary N) is 1. The van der Waals surface area contributed by atoms with E-state index < -0.39 is 36.5 Å². The van der Waals surface area contributed by atoms with Crippen LogP contribution in [0.3, 0.4) is 0 Å². The van der Waals surface area contributed by atoms with Crippen molar-refractivity contribution in [3.8, 4) is 0 Å². The predicted octanol–water partition coefficient (Wildman–Crippen LogP) is 1.78. The molecule has 12 nitrogen and oxygen atoms in total. The van der Waals surface area contributed by atoms with Gasteiger partial charge in [0.05, 0.1) is 19.1 Å². The van der Waals surface area contributed by atoms with Gasteiger partial charge in [-0.25, -0.2) is 24.1 Å². The number of nitrogens with one attached hydrogen (secondary N) is 2. The Bertz CT molecular complexity index is 1220. The molecule has 0 spiro atoms. The van der Waals surface area contributed by atoms with Gasteiger partial charge in [-0.05, 0) is 18.9 Å². The number of hydrogen-bond acceptors (Lipinski definition) is 9. The monoisotopic (exact) mass is 469 g/mol. The maximum Gasteiger partial charge on any atom is 0.411 e. The highest BCUT2D eigenvalue weighted by molar-refractivity contribution is 5.95. The molecule has 0 saturated carbocycles. The molecule has 2 heterocycles. The number of unbranched alkanes of at least 4 members (excludes halogenated alkanes) is 1. The number of imidazole rings is 1. The van der Waals surface area contributed by atoms with Crippen LogP contribution in [-0.2, 0) is 16.1 Å². The number of esters is 1. The van der Waals surface area contributed by atoms with Gasteiger partial charge < -0.3 is 20.2 Å². The van der Waals surface area contributed by atoms with Crippen molar-refractivity contribution in [1.29, 1.82) is 5.41 Å². The third-order valence-corrected chi connectivity index (χ3v) is 4.90. The average molecular weight is 470 g/mol. The number of fused-ring (bicyclic) bond motifs is 1. The quantitative estimate of drug-likeness (QED) is 0.242. The molecule has 0 radical (unpaired) electrons. The Kier molecular flexibility index (Phi) is 8.09. The van der Waals surface area contributed by atoms with Crippen molar-refractivity contribution in [3.05, 3.63) is 53.5 Å². The summed E-state index contributed by atoms with van der Waals surface area (Å²) < 4.78 is 11.3. The highest BCUT2D eigenvalue weighted by Gasteiger charge is 2.28. The molecular formula is C22H27N7O5. The number of carbonyl (C=O) groups is 3. The summed E-state index contributed by atoms with van der Waals surface area (Å²) in [5, 5.41) is 8.47. The lowest BCUT2D eigenvalue weighted by atomic mass is 10.2. The Hall–Kier alpha value is -4.06. The van der Waals surface area contributed by atoms with E-state index in [9.17, 15) is 14.4 Å². The molecule has 1 aromatic carbocycles. The van der Waals surface area contributed by atoms with Crippen LogP contribution in [0.15, 0.2) is 36.7 Å².